The van der Waals surface area contributed by atoms with Crippen LogP contribution in [0.5, 0.6) is 0 Å². The zero-order valence-corrected chi connectivity index (χ0v) is 11.8. The average molecular weight is 256 g/mol. The molecule has 1 rings (SSSR count). The van der Waals surface area contributed by atoms with Crippen molar-refractivity contribution < 1.29 is 5.11 Å². The monoisotopic (exact) mass is 255 g/mol. The Kier molecular flexibility index (Phi) is 5.29. The Morgan fingerprint density at radius 1 is 1.35 bits per heavy atom. The van der Waals surface area contributed by atoms with E-state index in [1.165, 1.54) is 0 Å². The lowest BCUT2D eigenvalue weighted by Crippen LogP contribution is -2.23. The lowest BCUT2D eigenvalue weighted by Gasteiger charge is -2.24. The van der Waals surface area contributed by atoms with Crippen molar-refractivity contribution in [2.75, 3.05) is 18.5 Å². The summed E-state index contributed by atoms with van der Waals surface area (Å²) in [7, 11) is 2.05. The predicted molar refractivity (Wildman–Crippen MR) is 74.8 cm³/mol. The van der Waals surface area contributed by atoms with E-state index in [4.69, 9.17) is 11.6 Å². The van der Waals surface area contributed by atoms with Gasteiger partial charge in [-0.3, -0.25) is 0 Å². The third-order valence-electron chi connectivity index (χ3n) is 3.15. The van der Waals surface area contributed by atoms with Gasteiger partial charge in [0.1, 0.15) is 0 Å². The molecule has 0 aliphatic heterocycles. The molecule has 0 bridgehead atoms. The van der Waals surface area contributed by atoms with Crippen LogP contribution >= 0.6 is 11.6 Å². The van der Waals surface area contributed by atoms with Crippen molar-refractivity contribution >= 4 is 17.3 Å². The Balaban J connectivity index is 2.84. The van der Waals surface area contributed by atoms with Gasteiger partial charge >= 0.3 is 0 Å². The van der Waals surface area contributed by atoms with Crippen LogP contribution in [0.1, 0.15) is 38.9 Å². The second kappa shape index (κ2) is 6.27. The van der Waals surface area contributed by atoms with Crippen LogP contribution in [0.3, 0.4) is 0 Å². The van der Waals surface area contributed by atoms with Gasteiger partial charge in [0.2, 0.25) is 0 Å². The smallest absolute Gasteiger partial charge is 0.0762 e. The minimum Gasteiger partial charge on any atom is -0.389 e. The molecule has 0 amide bonds. The highest BCUT2D eigenvalue weighted by Gasteiger charge is 2.11. The lowest BCUT2D eigenvalue weighted by molar-refractivity contribution is 0.199. The summed E-state index contributed by atoms with van der Waals surface area (Å²) < 4.78 is 0. The highest BCUT2D eigenvalue weighted by atomic mass is 35.5. The second-order valence-corrected chi connectivity index (χ2v) is 5.19. The first kappa shape index (κ1) is 14.3. The van der Waals surface area contributed by atoms with Gasteiger partial charge in [0.05, 0.1) is 16.8 Å². The summed E-state index contributed by atoms with van der Waals surface area (Å²) in [4.78, 5) is 2.17. The summed E-state index contributed by atoms with van der Waals surface area (Å²) in [5.74, 6) is 0.646. The van der Waals surface area contributed by atoms with E-state index in [0.717, 1.165) is 24.2 Å². The minimum absolute atomic E-state index is 0.471. The standard InChI is InChI=1S/C14H22ClNO/c1-5-10(2)9-16(4)14-7-6-12(11(3)17)8-13(14)15/h6-8,10-11,17H,5,9H2,1-4H3/t10?,11-/m0/s1. The van der Waals surface area contributed by atoms with Crippen LogP contribution in [0.15, 0.2) is 18.2 Å². The van der Waals surface area contributed by atoms with Crippen molar-refractivity contribution in [2.45, 2.75) is 33.3 Å². The Hall–Kier alpha value is -0.730. The third kappa shape index (κ3) is 3.90. The Labute approximate surface area is 109 Å². The number of aliphatic hydroxyl groups is 1. The summed E-state index contributed by atoms with van der Waals surface area (Å²) in [5.41, 5.74) is 1.88. The highest BCUT2D eigenvalue weighted by Crippen LogP contribution is 2.28. The zero-order valence-electron chi connectivity index (χ0n) is 11.1. The van der Waals surface area contributed by atoms with E-state index in [1.807, 2.05) is 18.2 Å². The van der Waals surface area contributed by atoms with Gasteiger partial charge in [0.25, 0.3) is 0 Å². The molecule has 96 valence electrons. The molecule has 0 aromatic heterocycles. The first-order valence-electron chi connectivity index (χ1n) is 6.14. The largest absolute Gasteiger partial charge is 0.389 e. The molecule has 1 unspecified atom stereocenters. The maximum atomic E-state index is 9.49. The molecule has 2 nitrogen and oxygen atoms in total. The molecule has 1 aromatic rings. The van der Waals surface area contributed by atoms with Crippen LogP contribution in [0.4, 0.5) is 5.69 Å². The molecule has 0 radical (unpaired) electrons. The predicted octanol–water partition coefficient (Wildman–Crippen LogP) is 3.88. The van der Waals surface area contributed by atoms with Crippen molar-refractivity contribution in [1.29, 1.82) is 0 Å². The Morgan fingerprint density at radius 3 is 2.47 bits per heavy atom. The zero-order chi connectivity index (χ0) is 13.0. The quantitative estimate of drug-likeness (QED) is 0.863. The number of benzene rings is 1. The van der Waals surface area contributed by atoms with E-state index < -0.39 is 6.10 Å². The fraction of sp³-hybridized carbons (Fsp3) is 0.571. The summed E-state index contributed by atoms with van der Waals surface area (Å²) in [6, 6.07) is 5.75. The molecule has 0 heterocycles. The van der Waals surface area contributed by atoms with Crippen LogP contribution in [-0.4, -0.2) is 18.7 Å². The fourth-order valence-electron chi connectivity index (χ4n) is 1.79. The summed E-state index contributed by atoms with van der Waals surface area (Å²) >= 11 is 6.24. The van der Waals surface area contributed by atoms with Gasteiger partial charge in [-0.05, 0) is 30.5 Å². The maximum Gasteiger partial charge on any atom is 0.0762 e. The molecule has 0 saturated heterocycles. The number of anilines is 1. The number of hydrogen-bond acceptors (Lipinski definition) is 2. The van der Waals surface area contributed by atoms with Gasteiger partial charge < -0.3 is 10.0 Å². The van der Waals surface area contributed by atoms with Crippen molar-refractivity contribution in [3.8, 4) is 0 Å². The molecule has 0 saturated carbocycles. The van der Waals surface area contributed by atoms with Gasteiger partial charge in [-0.15, -0.1) is 0 Å². The van der Waals surface area contributed by atoms with E-state index in [0.29, 0.717) is 10.9 Å². The van der Waals surface area contributed by atoms with Crippen LogP contribution in [0.2, 0.25) is 5.02 Å². The molecule has 0 aliphatic carbocycles. The van der Waals surface area contributed by atoms with Crippen LogP contribution in [-0.2, 0) is 0 Å². The molecular formula is C14H22ClNO. The normalized spacial score (nSPS) is 14.5. The molecule has 17 heavy (non-hydrogen) atoms. The molecule has 0 aliphatic rings. The summed E-state index contributed by atoms with van der Waals surface area (Å²) in [6.45, 7) is 7.16. The topological polar surface area (TPSA) is 23.5 Å². The summed E-state index contributed by atoms with van der Waals surface area (Å²) in [6.07, 6.45) is 0.690. The van der Waals surface area contributed by atoms with E-state index in [-0.39, 0.29) is 0 Å². The first-order valence-corrected chi connectivity index (χ1v) is 6.52. The molecule has 1 N–H and O–H groups in total. The number of nitrogens with zero attached hydrogens (tertiary/aromatic N) is 1. The van der Waals surface area contributed by atoms with Crippen LogP contribution in [0.25, 0.3) is 0 Å². The maximum absolute atomic E-state index is 9.49. The Bertz CT molecular complexity index is 365. The van der Waals surface area contributed by atoms with Crippen molar-refractivity contribution in [1.82, 2.24) is 0 Å². The average Bonchev–Trinajstić information content (AvgIpc) is 2.28. The molecule has 2 atom stereocenters. The van der Waals surface area contributed by atoms with Gasteiger partial charge in [0.15, 0.2) is 0 Å². The first-order chi connectivity index (χ1) is 7.95. The number of aliphatic hydroxyl groups excluding tert-OH is 1. The van der Waals surface area contributed by atoms with E-state index in [9.17, 15) is 5.11 Å². The second-order valence-electron chi connectivity index (χ2n) is 4.78. The Morgan fingerprint density at radius 2 is 2.00 bits per heavy atom. The van der Waals surface area contributed by atoms with Gasteiger partial charge in [-0.1, -0.05) is 37.9 Å². The third-order valence-corrected chi connectivity index (χ3v) is 3.45. The fourth-order valence-corrected chi connectivity index (χ4v) is 2.12. The van der Waals surface area contributed by atoms with Gasteiger partial charge in [-0.2, -0.15) is 0 Å². The highest BCUT2D eigenvalue weighted by molar-refractivity contribution is 6.33. The number of halogens is 1. The van der Waals surface area contributed by atoms with Crippen LogP contribution in [0, 0.1) is 5.92 Å². The minimum atomic E-state index is -0.471. The number of hydrogen-bond donors (Lipinski definition) is 1. The van der Waals surface area contributed by atoms with Gasteiger partial charge in [0, 0.05) is 13.6 Å². The van der Waals surface area contributed by atoms with Gasteiger partial charge in [-0.25, -0.2) is 0 Å². The lowest BCUT2D eigenvalue weighted by atomic mass is 10.1. The van der Waals surface area contributed by atoms with Crippen molar-refractivity contribution in [2.24, 2.45) is 5.92 Å². The molecule has 0 spiro atoms. The molecule has 0 fully saturated rings. The molecule has 3 heteroatoms. The van der Waals surface area contributed by atoms with Crippen molar-refractivity contribution in [3.05, 3.63) is 28.8 Å². The number of rotatable bonds is 5. The van der Waals surface area contributed by atoms with E-state index >= 15 is 0 Å². The van der Waals surface area contributed by atoms with E-state index in [1.54, 1.807) is 6.92 Å². The summed E-state index contributed by atoms with van der Waals surface area (Å²) in [5, 5.41) is 10.2. The SMILES string of the molecule is CCC(C)CN(C)c1ccc([C@H](C)O)cc1Cl. The van der Waals surface area contributed by atoms with Crippen LogP contribution < -0.4 is 4.90 Å². The molecular weight excluding hydrogens is 234 g/mol. The van der Waals surface area contributed by atoms with E-state index in [2.05, 4.69) is 25.8 Å². The molecule has 1 aromatic carbocycles. The van der Waals surface area contributed by atoms with Crippen molar-refractivity contribution in [3.63, 3.8) is 0 Å².